The van der Waals surface area contributed by atoms with Crippen LogP contribution in [0.4, 0.5) is 0 Å². The van der Waals surface area contributed by atoms with Gasteiger partial charge in [0.25, 0.3) is 0 Å². The number of aryl methyl sites for hydroxylation is 2. The average Bonchev–Trinajstić information content (AvgIpc) is 2.54. The summed E-state index contributed by atoms with van der Waals surface area (Å²) in [4.78, 5) is 0. The number of rotatable bonds is 8. The van der Waals surface area contributed by atoms with Crippen molar-refractivity contribution in [1.29, 1.82) is 0 Å². The summed E-state index contributed by atoms with van der Waals surface area (Å²) < 4.78 is 16.9. The highest BCUT2D eigenvalue weighted by Gasteiger charge is 2.06. The van der Waals surface area contributed by atoms with Gasteiger partial charge in [-0.25, -0.2) is 0 Å². The summed E-state index contributed by atoms with van der Waals surface area (Å²) in [5, 5.41) is 0. The zero-order valence-corrected chi connectivity index (χ0v) is 14.1. The number of hydrogen-bond donors (Lipinski definition) is 1. The predicted molar refractivity (Wildman–Crippen MR) is 92.7 cm³/mol. The van der Waals surface area contributed by atoms with Crippen molar-refractivity contribution in [1.82, 2.24) is 0 Å². The second-order valence-electron chi connectivity index (χ2n) is 5.49. The Morgan fingerprint density at radius 2 is 1.57 bits per heavy atom. The van der Waals surface area contributed by atoms with Crippen LogP contribution in [0, 0.1) is 13.8 Å². The highest BCUT2D eigenvalue weighted by atomic mass is 16.5. The van der Waals surface area contributed by atoms with Crippen molar-refractivity contribution in [3.05, 3.63) is 53.1 Å². The fourth-order valence-corrected chi connectivity index (χ4v) is 2.42. The van der Waals surface area contributed by atoms with Gasteiger partial charge in [-0.1, -0.05) is 23.8 Å². The maximum Gasteiger partial charge on any atom is 0.161 e. The van der Waals surface area contributed by atoms with Gasteiger partial charge in [0, 0.05) is 0 Å². The van der Waals surface area contributed by atoms with Crippen LogP contribution in [0.5, 0.6) is 17.2 Å². The summed E-state index contributed by atoms with van der Waals surface area (Å²) >= 11 is 0. The summed E-state index contributed by atoms with van der Waals surface area (Å²) in [6.45, 7) is 5.67. The Labute approximate surface area is 138 Å². The van der Waals surface area contributed by atoms with E-state index in [1.807, 2.05) is 37.3 Å². The van der Waals surface area contributed by atoms with Crippen LogP contribution in [0.2, 0.25) is 0 Å². The molecule has 2 aromatic rings. The zero-order chi connectivity index (χ0) is 16.7. The number of ether oxygens (including phenoxy) is 3. The molecule has 0 unspecified atom stereocenters. The van der Waals surface area contributed by atoms with E-state index in [2.05, 4.69) is 13.0 Å². The Bertz CT molecular complexity index is 641. The second kappa shape index (κ2) is 8.44. The van der Waals surface area contributed by atoms with Gasteiger partial charge in [-0.05, 0) is 56.1 Å². The lowest BCUT2D eigenvalue weighted by Gasteiger charge is -2.13. The van der Waals surface area contributed by atoms with Crippen LogP contribution < -0.4 is 19.9 Å². The SMILES string of the molecule is COc1cc(CCN)ccc1OCCOc1ccc(C)cc1C. The maximum atomic E-state index is 5.77. The molecule has 0 radical (unpaired) electrons. The monoisotopic (exact) mass is 315 g/mol. The van der Waals surface area contributed by atoms with E-state index < -0.39 is 0 Å². The number of hydrogen-bond acceptors (Lipinski definition) is 4. The minimum atomic E-state index is 0.458. The van der Waals surface area contributed by atoms with Gasteiger partial charge >= 0.3 is 0 Å². The molecule has 2 aromatic carbocycles. The van der Waals surface area contributed by atoms with Crippen molar-refractivity contribution < 1.29 is 14.2 Å². The minimum Gasteiger partial charge on any atom is -0.493 e. The molecule has 0 fully saturated rings. The van der Waals surface area contributed by atoms with Crippen LogP contribution in [0.1, 0.15) is 16.7 Å². The first kappa shape index (κ1) is 17.2. The molecule has 0 atom stereocenters. The molecule has 4 nitrogen and oxygen atoms in total. The van der Waals surface area contributed by atoms with E-state index in [4.69, 9.17) is 19.9 Å². The molecule has 0 aliphatic carbocycles. The van der Waals surface area contributed by atoms with Crippen LogP contribution >= 0.6 is 0 Å². The summed E-state index contributed by atoms with van der Waals surface area (Å²) in [6, 6.07) is 12.0. The van der Waals surface area contributed by atoms with E-state index in [0.717, 1.165) is 34.8 Å². The lowest BCUT2D eigenvalue weighted by atomic mass is 10.1. The topological polar surface area (TPSA) is 53.7 Å². The smallest absolute Gasteiger partial charge is 0.161 e. The van der Waals surface area contributed by atoms with Crippen molar-refractivity contribution in [2.24, 2.45) is 5.73 Å². The molecule has 0 saturated heterocycles. The number of nitrogens with two attached hydrogens (primary N) is 1. The van der Waals surface area contributed by atoms with E-state index in [-0.39, 0.29) is 0 Å². The lowest BCUT2D eigenvalue weighted by Crippen LogP contribution is -2.10. The van der Waals surface area contributed by atoms with Gasteiger partial charge in [0.1, 0.15) is 19.0 Å². The zero-order valence-electron chi connectivity index (χ0n) is 14.1. The van der Waals surface area contributed by atoms with E-state index in [9.17, 15) is 0 Å². The predicted octanol–water partition coefficient (Wildman–Crippen LogP) is 3.27. The van der Waals surface area contributed by atoms with Crippen molar-refractivity contribution in [2.75, 3.05) is 26.9 Å². The molecule has 0 amide bonds. The molecular formula is C19H25NO3. The molecule has 2 N–H and O–H groups in total. The Kier molecular flexibility index (Phi) is 6.29. The Balaban J connectivity index is 1.88. The summed E-state index contributed by atoms with van der Waals surface area (Å²) in [7, 11) is 1.64. The van der Waals surface area contributed by atoms with E-state index in [0.29, 0.717) is 19.8 Å². The molecule has 23 heavy (non-hydrogen) atoms. The molecule has 0 aliphatic heterocycles. The fraction of sp³-hybridized carbons (Fsp3) is 0.368. The summed E-state index contributed by atoms with van der Waals surface area (Å²) in [5.41, 5.74) is 9.08. The summed E-state index contributed by atoms with van der Waals surface area (Å²) in [5.74, 6) is 2.34. The molecule has 4 heteroatoms. The number of benzene rings is 2. The van der Waals surface area contributed by atoms with Gasteiger partial charge in [-0.2, -0.15) is 0 Å². The molecule has 0 saturated carbocycles. The lowest BCUT2D eigenvalue weighted by molar-refractivity contribution is 0.210. The van der Waals surface area contributed by atoms with Crippen molar-refractivity contribution in [3.8, 4) is 17.2 Å². The quantitative estimate of drug-likeness (QED) is 0.760. The first-order valence-electron chi connectivity index (χ1n) is 7.84. The van der Waals surface area contributed by atoms with Crippen molar-refractivity contribution in [3.63, 3.8) is 0 Å². The largest absolute Gasteiger partial charge is 0.493 e. The first-order chi connectivity index (χ1) is 11.1. The maximum absolute atomic E-state index is 5.77. The third-order valence-electron chi connectivity index (χ3n) is 3.59. The molecule has 0 bridgehead atoms. The molecule has 0 spiro atoms. The molecule has 2 rings (SSSR count). The van der Waals surface area contributed by atoms with E-state index >= 15 is 0 Å². The van der Waals surface area contributed by atoms with Crippen molar-refractivity contribution in [2.45, 2.75) is 20.3 Å². The normalized spacial score (nSPS) is 10.4. The number of methoxy groups -OCH3 is 1. The Morgan fingerprint density at radius 3 is 2.22 bits per heavy atom. The Hall–Kier alpha value is -2.20. The highest BCUT2D eigenvalue weighted by molar-refractivity contribution is 5.43. The van der Waals surface area contributed by atoms with Crippen LogP contribution in [0.15, 0.2) is 36.4 Å². The van der Waals surface area contributed by atoms with Crippen LogP contribution in [-0.4, -0.2) is 26.9 Å². The highest BCUT2D eigenvalue weighted by Crippen LogP contribution is 2.28. The Morgan fingerprint density at radius 1 is 0.870 bits per heavy atom. The van der Waals surface area contributed by atoms with Crippen molar-refractivity contribution >= 4 is 0 Å². The average molecular weight is 315 g/mol. The van der Waals surface area contributed by atoms with Crippen LogP contribution in [0.3, 0.4) is 0 Å². The third kappa shape index (κ3) is 4.89. The first-order valence-corrected chi connectivity index (χ1v) is 7.84. The second-order valence-corrected chi connectivity index (χ2v) is 5.49. The van der Waals surface area contributed by atoms with Gasteiger partial charge in [0.2, 0.25) is 0 Å². The van der Waals surface area contributed by atoms with Gasteiger partial charge in [0.05, 0.1) is 7.11 Å². The summed E-state index contributed by atoms with van der Waals surface area (Å²) in [6.07, 6.45) is 0.826. The fourth-order valence-electron chi connectivity index (χ4n) is 2.42. The van der Waals surface area contributed by atoms with Gasteiger partial charge in [0.15, 0.2) is 11.5 Å². The molecule has 0 aromatic heterocycles. The van der Waals surface area contributed by atoms with Crippen LogP contribution in [-0.2, 0) is 6.42 Å². The minimum absolute atomic E-state index is 0.458. The van der Waals surface area contributed by atoms with Gasteiger partial charge in [-0.3, -0.25) is 0 Å². The van der Waals surface area contributed by atoms with E-state index in [1.165, 1.54) is 5.56 Å². The molecule has 0 aliphatic rings. The standard InChI is InChI=1S/C19H25NO3/c1-14-4-6-17(15(2)12-14)22-10-11-23-18-7-5-16(8-9-20)13-19(18)21-3/h4-7,12-13H,8-11,20H2,1-3H3. The van der Waals surface area contributed by atoms with E-state index in [1.54, 1.807) is 7.11 Å². The van der Waals surface area contributed by atoms with Gasteiger partial charge in [-0.15, -0.1) is 0 Å². The van der Waals surface area contributed by atoms with Gasteiger partial charge < -0.3 is 19.9 Å². The van der Waals surface area contributed by atoms with Crippen LogP contribution in [0.25, 0.3) is 0 Å². The molecule has 124 valence electrons. The third-order valence-corrected chi connectivity index (χ3v) is 3.59. The molecular weight excluding hydrogens is 290 g/mol. The molecule has 0 heterocycles.